The summed E-state index contributed by atoms with van der Waals surface area (Å²) in [6.45, 7) is 5.01. The predicted molar refractivity (Wildman–Crippen MR) is 136 cm³/mol. The van der Waals surface area contributed by atoms with Crippen LogP contribution in [0.5, 0.6) is 0 Å². The van der Waals surface area contributed by atoms with Crippen molar-refractivity contribution in [1.82, 2.24) is 4.90 Å². The number of ether oxygens (including phenoxy) is 1. The van der Waals surface area contributed by atoms with Gasteiger partial charge in [-0.25, -0.2) is 4.79 Å². The largest absolute Gasteiger partial charge is 0.462 e. The fourth-order valence-electron chi connectivity index (χ4n) is 4.08. The summed E-state index contributed by atoms with van der Waals surface area (Å²) in [6.07, 6.45) is 0. The number of carbonyl (C=O) groups excluding carboxylic acids is 2. The highest BCUT2D eigenvalue weighted by Crippen LogP contribution is 2.38. The predicted octanol–water partition coefficient (Wildman–Crippen LogP) is 5.17. The minimum atomic E-state index is -0.410. The van der Waals surface area contributed by atoms with E-state index in [2.05, 4.69) is 34.6 Å². The second-order valence-electron chi connectivity index (χ2n) is 8.56. The molecule has 0 aromatic heterocycles. The highest BCUT2D eigenvalue weighted by atomic mass is 16.5. The Kier molecular flexibility index (Phi) is 6.80. The number of amides is 1. The lowest BCUT2D eigenvalue weighted by molar-refractivity contribution is -0.110. The maximum atomic E-state index is 13.2. The van der Waals surface area contributed by atoms with Crippen LogP contribution in [-0.2, 0) is 16.1 Å². The Morgan fingerprint density at radius 1 is 1.00 bits per heavy atom. The zero-order valence-corrected chi connectivity index (χ0v) is 19.9. The van der Waals surface area contributed by atoms with Crippen molar-refractivity contribution in [3.8, 4) is 0 Å². The van der Waals surface area contributed by atoms with Gasteiger partial charge in [-0.3, -0.25) is 4.79 Å². The average Bonchev–Trinajstić information content (AvgIpc) is 3.14. The van der Waals surface area contributed by atoms with Gasteiger partial charge in [-0.1, -0.05) is 42.5 Å². The van der Waals surface area contributed by atoms with E-state index >= 15 is 0 Å². The summed E-state index contributed by atoms with van der Waals surface area (Å²) in [7, 11) is 4.10. The van der Waals surface area contributed by atoms with Crippen LogP contribution in [0.2, 0.25) is 0 Å². The second-order valence-corrected chi connectivity index (χ2v) is 8.56. The van der Waals surface area contributed by atoms with E-state index in [1.165, 1.54) is 11.1 Å². The minimum absolute atomic E-state index is 0.219. The normalized spacial score (nSPS) is 14.0. The number of rotatable bonds is 7. The number of hydrogen-bond donors (Lipinski definition) is 2. The fraction of sp³-hybridized carbons (Fsp3) is 0.214. The maximum absolute atomic E-state index is 13.2. The van der Waals surface area contributed by atoms with Crippen LogP contribution in [0.4, 0.5) is 11.4 Å². The molecule has 6 nitrogen and oxygen atoms in total. The quantitative estimate of drug-likeness (QED) is 0.380. The van der Waals surface area contributed by atoms with E-state index in [4.69, 9.17) is 4.74 Å². The first-order chi connectivity index (χ1) is 16.4. The van der Waals surface area contributed by atoms with Crippen molar-refractivity contribution in [3.05, 3.63) is 94.5 Å². The summed E-state index contributed by atoms with van der Waals surface area (Å²) >= 11 is 0. The first-order valence-electron chi connectivity index (χ1n) is 11.3. The lowest BCUT2D eigenvalue weighted by atomic mass is 9.98. The van der Waals surface area contributed by atoms with Gasteiger partial charge in [0.05, 0.1) is 29.1 Å². The Bertz CT molecular complexity index is 1260. The number of carbonyl (C=O) groups is 2. The molecule has 0 bridgehead atoms. The zero-order chi connectivity index (χ0) is 24.2. The van der Waals surface area contributed by atoms with Crippen LogP contribution in [-0.4, -0.2) is 37.5 Å². The van der Waals surface area contributed by atoms with Gasteiger partial charge >= 0.3 is 5.97 Å². The summed E-state index contributed by atoms with van der Waals surface area (Å²) in [5.41, 5.74) is 7.20. The Morgan fingerprint density at radius 2 is 1.76 bits per heavy atom. The van der Waals surface area contributed by atoms with Crippen molar-refractivity contribution >= 4 is 34.5 Å². The molecular weight excluding hydrogens is 426 g/mol. The fourth-order valence-corrected chi connectivity index (χ4v) is 4.08. The van der Waals surface area contributed by atoms with Crippen LogP contribution < -0.4 is 10.6 Å². The van der Waals surface area contributed by atoms with Gasteiger partial charge in [0.2, 0.25) is 0 Å². The van der Waals surface area contributed by atoms with Gasteiger partial charge < -0.3 is 20.3 Å². The summed E-state index contributed by atoms with van der Waals surface area (Å²) in [6, 6.07) is 21.2. The van der Waals surface area contributed by atoms with Gasteiger partial charge in [-0.05, 0) is 68.9 Å². The molecule has 1 heterocycles. The first kappa shape index (κ1) is 23.3. The Hall–Kier alpha value is -3.90. The molecule has 0 radical (unpaired) electrons. The molecule has 0 fully saturated rings. The van der Waals surface area contributed by atoms with E-state index in [-0.39, 0.29) is 5.91 Å². The van der Waals surface area contributed by atoms with Crippen LogP contribution >= 0.6 is 0 Å². The Balaban J connectivity index is 1.79. The minimum Gasteiger partial charge on any atom is -0.462 e. The number of nitrogens with one attached hydrogen (secondary N) is 2. The van der Waals surface area contributed by atoms with Gasteiger partial charge in [0, 0.05) is 17.8 Å². The van der Waals surface area contributed by atoms with Crippen molar-refractivity contribution < 1.29 is 14.3 Å². The number of hydrogen-bond acceptors (Lipinski definition) is 5. The summed E-state index contributed by atoms with van der Waals surface area (Å²) in [5.74, 6) is -0.630. The SMILES string of the molecule is CCOC(=O)c1ccc2c(c1)NC(=O)C2=C(Nc1ccc(CN(C)C)c(C)c1)c1ccccc1. The van der Waals surface area contributed by atoms with Crippen LogP contribution in [0.1, 0.15) is 39.5 Å². The molecule has 2 N–H and O–H groups in total. The van der Waals surface area contributed by atoms with Crippen molar-refractivity contribution in [1.29, 1.82) is 0 Å². The highest BCUT2D eigenvalue weighted by Gasteiger charge is 2.29. The first-order valence-corrected chi connectivity index (χ1v) is 11.3. The number of esters is 1. The third-order valence-electron chi connectivity index (χ3n) is 5.69. The number of nitrogens with zero attached hydrogens (tertiary/aromatic N) is 1. The van der Waals surface area contributed by atoms with Gasteiger partial charge in [0.15, 0.2) is 0 Å². The van der Waals surface area contributed by atoms with Crippen LogP contribution in [0.3, 0.4) is 0 Å². The van der Waals surface area contributed by atoms with Gasteiger partial charge in [0.25, 0.3) is 5.91 Å². The standard InChI is InChI=1S/C28H29N3O3/c1-5-34-28(33)20-12-14-23-24(16-20)30-27(32)25(23)26(19-9-7-6-8-10-19)29-22-13-11-21(17-31(3)4)18(2)15-22/h6-16,29H,5,17H2,1-4H3,(H,30,32). The molecule has 4 rings (SSSR count). The molecule has 0 aliphatic carbocycles. The molecule has 0 spiro atoms. The number of anilines is 2. The van der Waals surface area contributed by atoms with Crippen molar-refractivity contribution in [3.63, 3.8) is 0 Å². The van der Waals surface area contributed by atoms with E-state index in [1.807, 2.05) is 50.5 Å². The highest BCUT2D eigenvalue weighted by molar-refractivity contribution is 6.37. The molecule has 0 atom stereocenters. The third-order valence-corrected chi connectivity index (χ3v) is 5.69. The lowest BCUT2D eigenvalue weighted by Crippen LogP contribution is -2.12. The second kappa shape index (κ2) is 9.93. The number of aryl methyl sites for hydroxylation is 1. The topological polar surface area (TPSA) is 70.7 Å². The molecule has 0 unspecified atom stereocenters. The van der Waals surface area contributed by atoms with Crippen LogP contribution in [0.25, 0.3) is 11.3 Å². The molecule has 1 aliphatic rings. The maximum Gasteiger partial charge on any atom is 0.338 e. The summed E-state index contributed by atoms with van der Waals surface area (Å²) in [4.78, 5) is 27.5. The number of fused-ring (bicyclic) bond motifs is 1. The molecule has 3 aromatic rings. The smallest absolute Gasteiger partial charge is 0.338 e. The Morgan fingerprint density at radius 3 is 2.44 bits per heavy atom. The zero-order valence-electron chi connectivity index (χ0n) is 19.9. The molecule has 6 heteroatoms. The Labute approximate surface area is 200 Å². The summed E-state index contributed by atoms with van der Waals surface area (Å²) < 4.78 is 5.10. The van der Waals surface area contributed by atoms with Gasteiger partial charge in [0.1, 0.15) is 0 Å². The molecule has 1 aliphatic heterocycles. The molecule has 34 heavy (non-hydrogen) atoms. The number of benzene rings is 3. The average molecular weight is 456 g/mol. The molecule has 174 valence electrons. The van der Waals surface area contributed by atoms with Gasteiger partial charge in [-0.15, -0.1) is 0 Å². The van der Waals surface area contributed by atoms with Crippen LogP contribution in [0.15, 0.2) is 66.7 Å². The molecule has 0 saturated heterocycles. The van der Waals surface area contributed by atoms with Crippen molar-refractivity contribution in [2.45, 2.75) is 20.4 Å². The third kappa shape index (κ3) is 4.87. The van der Waals surface area contributed by atoms with E-state index in [0.29, 0.717) is 29.1 Å². The van der Waals surface area contributed by atoms with Crippen molar-refractivity contribution in [2.24, 2.45) is 0 Å². The van der Waals surface area contributed by atoms with E-state index in [1.54, 1.807) is 25.1 Å². The molecule has 0 saturated carbocycles. The van der Waals surface area contributed by atoms with Crippen LogP contribution in [0, 0.1) is 6.92 Å². The van der Waals surface area contributed by atoms with E-state index < -0.39 is 5.97 Å². The van der Waals surface area contributed by atoms with Gasteiger partial charge in [-0.2, -0.15) is 0 Å². The van der Waals surface area contributed by atoms with Crippen molar-refractivity contribution in [2.75, 3.05) is 31.3 Å². The molecule has 3 aromatic carbocycles. The summed E-state index contributed by atoms with van der Waals surface area (Å²) in [5, 5.41) is 6.41. The monoisotopic (exact) mass is 455 g/mol. The van der Waals surface area contributed by atoms with E-state index in [0.717, 1.165) is 23.4 Å². The molecule has 1 amide bonds. The molecular formula is C28H29N3O3. The lowest BCUT2D eigenvalue weighted by Gasteiger charge is -2.17. The van der Waals surface area contributed by atoms with E-state index in [9.17, 15) is 9.59 Å².